The lowest BCUT2D eigenvalue weighted by Gasteiger charge is -2.17. The number of anilines is 1. The summed E-state index contributed by atoms with van der Waals surface area (Å²) in [6.45, 7) is 4.71. The van der Waals surface area contributed by atoms with Gasteiger partial charge in [-0.2, -0.15) is 0 Å². The van der Waals surface area contributed by atoms with Crippen LogP contribution in [0.2, 0.25) is 0 Å². The van der Waals surface area contributed by atoms with E-state index in [9.17, 15) is 9.59 Å². The van der Waals surface area contributed by atoms with Crippen molar-refractivity contribution in [2.75, 3.05) is 18.9 Å². The molecule has 0 aliphatic rings. The van der Waals surface area contributed by atoms with Crippen molar-refractivity contribution in [2.45, 2.75) is 26.7 Å². The fraction of sp³-hybridized carbons (Fsp3) is 0.500. The highest BCUT2D eigenvalue weighted by Gasteiger charge is 2.16. The van der Waals surface area contributed by atoms with Crippen LogP contribution < -0.4 is 16.4 Å². The Morgan fingerprint density at radius 3 is 2.48 bits per heavy atom. The van der Waals surface area contributed by atoms with Gasteiger partial charge in [-0.1, -0.05) is 26.0 Å². The fourth-order valence-corrected chi connectivity index (χ4v) is 2.32. The third kappa shape index (κ3) is 5.55. The molecule has 0 aliphatic carbocycles. The first-order valence-electron chi connectivity index (χ1n) is 7.29. The van der Waals surface area contributed by atoms with Gasteiger partial charge in [0.05, 0.1) is 11.3 Å². The van der Waals surface area contributed by atoms with E-state index in [2.05, 4.69) is 24.5 Å². The number of benzene rings is 1. The molecule has 1 atom stereocenters. The van der Waals surface area contributed by atoms with Gasteiger partial charge in [-0.15, -0.1) is 0 Å². The van der Waals surface area contributed by atoms with Crippen LogP contribution in [-0.4, -0.2) is 25.4 Å². The van der Waals surface area contributed by atoms with Gasteiger partial charge in [0.25, 0.3) is 5.91 Å². The van der Waals surface area contributed by atoms with Gasteiger partial charge < -0.3 is 16.4 Å². The van der Waals surface area contributed by atoms with E-state index in [0.717, 1.165) is 6.42 Å². The molecule has 0 fully saturated rings. The standard InChI is InChI=1S/C16H25N3O2/c1-11(2)8-12(10-17)9-15(20)19-14-7-5-4-6-13(14)16(21)18-3/h4-7,11-12H,8-10,17H2,1-3H3,(H,18,21)(H,19,20)/t12-/m0/s1. The third-order valence-corrected chi connectivity index (χ3v) is 3.28. The van der Waals surface area contributed by atoms with Crippen LogP contribution >= 0.6 is 0 Å². The molecule has 0 radical (unpaired) electrons. The maximum atomic E-state index is 12.1. The Balaban J connectivity index is 2.72. The van der Waals surface area contributed by atoms with Crippen LogP contribution in [0.4, 0.5) is 5.69 Å². The molecule has 0 saturated heterocycles. The van der Waals surface area contributed by atoms with E-state index in [1.165, 1.54) is 0 Å². The molecule has 4 N–H and O–H groups in total. The molecule has 0 unspecified atom stereocenters. The highest BCUT2D eigenvalue weighted by molar-refractivity contribution is 6.03. The van der Waals surface area contributed by atoms with Crippen molar-refractivity contribution in [3.05, 3.63) is 29.8 Å². The lowest BCUT2D eigenvalue weighted by atomic mass is 9.94. The maximum absolute atomic E-state index is 12.1. The van der Waals surface area contributed by atoms with Crippen LogP contribution in [0, 0.1) is 11.8 Å². The summed E-state index contributed by atoms with van der Waals surface area (Å²) in [7, 11) is 1.56. The molecule has 0 saturated carbocycles. The quantitative estimate of drug-likeness (QED) is 0.718. The predicted octanol–water partition coefficient (Wildman–Crippen LogP) is 2.00. The van der Waals surface area contributed by atoms with Crippen LogP contribution in [-0.2, 0) is 4.79 Å². The van der Waals surface area contributed by atoms with E-state index < -0.39 is 0 Å². The summed E-state index contributed by atoms with van der Waals surface area (Å²) in [5.41, 5.74) is 6.71. The van der Waals surface area contributed by atoms with Crippen molar-refractivity contribution in [2.24, 2.45) is 17.6 Å². The second-order valence-electron chi connectivity index (χ2n) is 5.61. The van der Waals surface area contributed by atoms with Gasteiger partial charge in [0.1, 0.15) is 0 Å². The lowest BCUT2D eigenvalue weighted by molar-refractivity contribution is -0.117. The number of amides is 2. The first kappa shape index (κ1) is 17.2. The normalized spacial score (nSPS) is 12.0. The Kier molecular flexibility index (Phi) is 6.88. The highest BCUT2D eigenvalue weighted by atomic mass is 16.2. The van der Waals surface area contributed by atoms with Crippen LogP contribution in [0.25, 0.3) is 0 Å². The molecule has 0 aliphatic heterocycles. The molecule has 1 aromatic rings. The second kappa shape index (κ2) is 8.42. The van der Waals surface area contributed by atoms with E-state index in [4.69, 9.17) is 5.73 Å². The topological polar surface area (TPSA) is 84.2 Å². The Hall–Kier alpha value is -1.88. The third-order valence-electron chi connectivity index (χ3n) is 3.28. The summed E-state index contributed by atoms with van der Waals surface area (Å²) in [6, 6.07) is 6.96. The van der Waals surface area contributed by atoms with Crippen molar-refractivity contribution in [1.29, 1.82) is 0 Å². The average molecular weight is 291 g/mol. The first-order chi connectivity index (χ1) is 9.97. The van der Waals surface area contributed by atoms with Gasteiger partial charge in [-0.25, -0.2) is 0 Å². The summed E-state index contributed by atoms with van der Waals surface area (Å²) in [5.74, 6) is 0.340. The Morgan fingerprint density at radius 2 is 1.90 bits per heavy atom. The van der Waals surface area contributed by atoms with E-state index >= 15 is 0 Å². The maximum Gasteiger partial charge on any atom is 0.253 e. The Morgan fingerprint density at radius 1 is 1.24 bits per heavy atom. The van der Waals surface area contributed by atoms with Crippen molar-refractivity contribution in [3.8, 4) is 0 Å². The highest BCUT2D eigenvalue weighted by Crippen LogP contribution is 2.18. The summed E-state index contributed by atoms with van der Waals surface area (Å²) < 4.78 is 0. The molecule has 1 rings (SSSR count). The predicted molar refractivity (Wildman–Crippen MR) is 85.1 cm³/mol. The van der Waals surface area contributed by atoms with Crippen LogP contribution in [0.15, 0.2) is 24.3 Å². The fourth-order valence-electron chi connectivity index (χ4n) is 2.32. The van der Waals surface area contributed by atoms with Crippen molar-refractivity contribution in [3.63, 3.8) is 0 Å². The van der Waals surface area contributed by atoms with Crippen LogP contribution in [0.3, 0.4) is 0 Å². The Labute approximate surface area is 126 Å². The molecule has 0 heterocycles. The monoisotopic (exact) mass is 291 g/mol. The van der Waals surface area contributed by atoms with E-state index in [-0.39, 0.29) is 17.7 Å². The van der Waals surface area contributed by atoms with Crippen molar-refractivity contribution >= 4 is 17.5 Å². The van der Waals surface area contributed by atoms with Crippen LogP contribution in [0.5, 0.6) is 0 Å². The molecule has 5 nitrogen and oxygen atoms in total. The van der Waals surface area contributed by atoms with Gasteiger partial charge in [0.2, 0.25) is 5.91 Å². The molecule has 2 amide bonds. The number of hydrogen-bond acceptors (Lipinski definition) is 3. The average Bonchev–Trinajstić information content (AvgIpc) is 2.45. The zero-order chi connectivity index (χ0) is 15.8. The number of para-hydroxylation sites is 1. The first-order valence-corrected chi connectivity index (χ1v) is 7.29. The van der Waals surface area contributed by atoms with Gasteiger partial charge >= 0.3 is 0 Å². The zero-order valence-corrected chi connectivity index (χ0v) is 13.0. The molecule has 21 heavy (non-hydrogen) atoms. The zero-order valence-electron chi connectivity index (χ0n) is 13.0. The van der Waals surface area contributed by atoms with Gasteiger partial charge in [0, 0.05) is 13.5 Å². The number of carbonyl (C=O) groups excluding carboxylic acids is 2. The molecule has 5 heteroatoms. The van der Waals surface area contributed by atoms with Gasteiger partial charge in [-0.05, 0) is 36.9 Å². The smallest absolute Gasteiger partial charge is 0.253 e. The van der Waals surface area contributed by atoms with Gasteiger partial charge in [-0.3, -0.25) is 9.59 Å². The molecular weight excluding hydrogens is 266 g/mol. The van der Waals surface area contributed by atoms with Crippen molar-refractivity contribution in [1.82, 2.24) is 5.32 Å². The number of hydrogen-bond donors (Lipinski definition) is 3. The summed E-state index contributed by atoms with van der Waals surface area (Å²) in [5, 5.41) is 5.37. The molecule has 116 valence electrons. The minimum absolute atomic E-state index is 0.109. The lowest BCUT2D eigenvalue weighted by Crippen LogP contribution is -2.25. The van der Waals surface area contributed by atoms with Crippen molar-refractivity contribution < 1.29 is 9.59 Å². The van der Waals surface area contributed by atoms with Crippen LogP contribution in [0.1, 0.15) is 37.0 Å². The molecule has 1 aromatic carbocycles. The number of nitrogens with two attached hydrogens (primary N) is 1. The summed E-state index contributed by atoms with van der Waals surface area (Å²) >= 11 is 0. The van der Waals surface area contributed by atoms with E-state index in [0.29, 0.717) is 30.1 Å². The molecule has 0 bridgehead atoms. The molecule has 0 spiro atoms. The Bertz CT molecular complexity index is 486. The minimum Gasteiger partial charge on any atom is -0.355 e. The minimum atomic E-state index is -0.219. The second-order valence-corrected chi connectivity index (χ2v) is 5.61. The van der Waals surface area contributed by atoms with E-state index in [1.54, 1.807) is 31.3 Å². The van der Waals surface area contributed by atoms with Gasteiger partial charge in [0.15, 0.2) is 0 Å². The molecular formula is C16H25N3O2. The number of rotatable bonds is 7. The largest absolute Gasteiger partial charge is 0.355 e. The summed E-state index contributed by atoms with van der Waals surface area (Å²) in [4.78, 5) is 23.9. The summed E-state index contributed by atoms with van der Waals surface area (Å²) in [6.07, 6.45) is 1.29. The van der Waals surface area contributed by atoms with E-state index in [1.807, 2.05) is 0 Å². The SMILES string of the molecule is CNC(=O)c1ccccc1NC(=O)C[C@@H](CN)CC(C)C. The molecule has 0 aromatic heterocycles. The number of carbonyl (C=O) groups is 2. The number of nitrogens with one attached hydrogen (secondary N) is 2.